The van der Waals surface area contributed by atoms with Crippen LogP contribution in [0.5, 0.6) is 0 Å². The van der Waals surface area contributed by atoms with Crippen molar-refractivity contribution in [2.75, 3.05) is 6.54 Å². The summed E-state index contributed by atoms with van der Waals surface area (Å²) in [6.07, 6.45) is 0.731. The zero-order valence-corrected chi connectivity index (χ0v) is 19.2. The Morgan fingerprint density at radius 1 is 0.781 bits per heavy atom. The van der Waals surface area contributed by atoms with Crippen molar-refractivity contribution in [1.82, 2.24) is 10.2 Å². The van der Waals surface area contributed by atoms with Gasteiger partial charge >= 0.3 is 0 Å². The van der Waals surface area contributed by atoms with Gasteiger partial charge in [0.25, 0.3) is 0 Å². The van der Waals surface area contributed by atoms with Gasteiger partial charge in [0.15, 0.2) is 0 Å². The fraction of sp³-hybridized carbons (Fsp3) is 0.286. The molecule has 4 heteroatoms. The van der Waals surface area contributed by atoms with E-state index in [9.17, 15) is 9.59 Å². The fourth-order valence-corrected chi connectivity index (χ4v) is 3.72. The molecule has 166 valence electrons. The quantitative estimate of drug-likeness (QED) is 0.541. The van der Waals surface area contributed by atoms with Gasteiger partial charge in [0.05, 0.1) is 6.42 Å². The van der Waals surface area contributed by atoms with Gasteiger partial charge < -0.3 is 10.2 Å². The molecule has 0 fully saturated rings. The molecule has 1 atom stereocenters. The van der Waals surface area contributed by atoms with Crippen LogP contribution in [0.3, 0.4) is 0 Å². The van der Waals surface area contributed by atoms with E-state index in [0.29, 0.717) is 19.5 Å². The molecular formula is C28H32N2O2. The zero-order chi connectivity index (χ0) is 22.9. The van der Waals surface area contributed by atoms with Crippen LogP contribution in [0.2, 0.25) is 0 Å². The second-order valence-corrected chi connectivity index (χ2v) is 8.27. The van der Waals surface area contributed by atoms with Crippen LogP contribution < -0.4 is 5.32 Å². The zero-order valence-electron chi connectivity index (χ0n) is 19.2. The van der Waals surface area contributed by atoms with E-state index in [1.54, 1.807) is 4.90 Å². The SMILES string of the molecule is CCNC(=O)[C@@H](Cc1ccccc1)N(Cc1ccc(C)cc1)C(=O)Cc1ccc(C)cc1. The minimum atomic E-state index is -0.586. The van der Waals surface area contributed by atoms with Crippen LogP contribution in [0.4, 0.5) is 0 Å². The predicted octanol–water partition coefficient (Wildman–Crippen LogP) is 4.62. The Morgan fingerprint density at radius 2 is 1.34 bits per heavy atom. The van der Waals surface area contributed by atoms with Gasteiger partial charge in [-0.05, 0) is 37.5 Å². The maximum atomic E-state index is 13.6. The van der Waals surface area contributed by atoms with E-state index in [1.165, 1.54) is 0 Å². The number of likely N-dealkylation sites (N-methyl/N-ethyl adjacent to an activating group) is 1. The molecule has 3 aromatic rings. The van der Waals surface area contributed by atoms with E-state index >= 15 is 0 Å². The number of hydrogen-bond acceptors (Lipinski definition) is 2. The van der Waals surface area contributed by atoms with Gasteiger partial charge in [-0.25, -0.2) is 0 Å². The number of rotatable bonds is 9. The first-order valence-electron chi connectivity index (χ1n) is 11.2. The molecule has 0 aliphatic heterocycles. The second-order valence-electron chi connectivity index (χ2n) is 8.27. The van der Waals surface area contributed by atoms with E-state index in [0.717, 1.165) is 27.8 Å². The highest BCUT2D eigenvalue weighted by Crippen LogP contribution is 2.17. The molecule has 0 radical (unpaired) electrons. The maximum absolute atomic E-state index is 13.6. The molecule has 32 heavy (non-hydrogen) atoms. The van der Waals surface area contributed by atoms with Gasteiger partial charge in [-0.1, -0.05) is 90.0 Å². The summed E-state index contributed by atoms with van der Waals surface area (Å²) >= 11 is 0. The van der Waals surface area contributed by atoms with E-state index < -0.39 is 6.04 Å². The van der Waals surface area contributed by atoms with Gasteiger partial charge in [0.1, 0.15) is 6.04 Å². The standard InChI is InChI=1S/C28H32N2O2/c1-4-29-28(32)26(18-23-8-6-5-7-9-23)30(20-25-16-12-22(3)13-17-25)27(31)19-24-14-10-21(2)11-15-24/h5-17,26H,4,18-20H2,1-3H3,(H,29,32)/t26-/m1/s1. The number of benzene rings is 3. The van der Waals surface area contributed by atoms with Gasteiger partial charge in [0, 0.05) is 19.5 Å². The number of nitrogens with zero attached hydrogens (tertiary/aromatic N) is 1. The molecular weight excluding hydrogens is 396 g/mol. The van der Waals surface area contributed by atoms with Gasteiger partial charge in [-0.15, -0.1) is 0 Å². The Hall–Kier alpha value is -3.40. The summed E-state index contributed by atoms with van der Waals surface area (Å²) < 4.78 is 0. The minimum Gasteiger partial charge on any atom is -0.355 e. The number of hydrogen-bond donors (Lipinski definition) is 1. The number of carbonyl (C=O) groups is 2. The van der Waals surface area contributed by atoms with Crippen molar-refractivity contribution in [2.45, 2.75) is 46.2 Å². The van der Waals surface area contributed by atoms with E-state index in [2.05, 4.69) is 5.32 Å². The van der Waals surface area contributed by atoms with Crippen molar-refractivity contribution in [1.29, 1.82) is 0 Å². The summed E-state index contributed by atoms with van der Waals surface area (Å²) in [5.74, 6) is -0.178. The van der Waals surface area contributed by atoms with Gasteiger partial charge in [-0.3, -0.25) is 9.59 Å². The molecule has 0 saturated carbocycles. The second kappa shape index (κ2) is 11.3. The maximum Gasteiger partial charge on any atom is 0.243 e. The molecule has 3 rings (SSSR count). The molecule has 0 aliphatic rings. The molecule has 0 aliphatic carbocycles. The Balaban J connectivity index is 1.93. The smallest absolute Gasteiger partial charge is 0.243 e. The summed E-state index contributed by atoms with van der Waals surface area (Å²) in [4.78, 5) is 28.4. The molecule has 4 nitrogen and oxygen atoms in total. The number of aryl methyl sites for hydroxylation is 2. The molecule has 0 spiro atoms. The molecule has 0 bridgehead atoms. The Labute approximate surface area is 191 Å². The van der Waals surface area contributed by atoms with Crippen molar-refractivity contribution in [2.24, 2.45) is 0 Å². The predicted molar refractivity (Wildman–Crippen MR) is 129 cm³/mol. The van der Waals surface area contributed by atoms with Gasteiger partial charge in [-0.2, -0.15) is 0 Å². The van der Waals surface area contributed by atoms with Crippen LogP contribution >= 0.6 is 0 Å². The van der Waals surface area contributed by atoms with Crippen molar-refractivity contribution in [3.05, 3.63) is 107 Å². The van der Waals surface area contributed by atoms with Gasteiger partial charge in [0.2, 0.25) is 11.8 Å². The van der Waals surface area contributed by atoms with Crippen LogP contribution in [0, 0.1) is 13.8 Å². The van der Waals surface area contributed by atoms with Crippen LogP contribution in [0.15, 0.2) is 78.9 Å². The lowest BCUT2D eigenvalue weighted by molar-refractivity contribution is -0.140. The van der Waals surface area contributed by atoms with Crippen LogP contribution in [0.25, 0.3) is 0 Å². The fourth-order valence-electron chi connectivity index (χ4n) is 3.72. The molecule has 0 saturated heterocycles. The summed E-state index contributed by atoms with van der Waals surface area (Å²) in [6.45, 7) is 6.88. The average molecular weight is 429 g/mol. The van der Waals surface area contributed by atoms with Crippen LogP contribution in [-0.4, -0.2) is 29.3 Å². The van der Waals surface area contributed by atoms with E-state index in [1.807, 2.05) is 99.6 Å². The number of carbonyl (C=O) groups excluding carboxylic acids is 2. The first-order chi connectivity index (χ1) is 15.5. The number of amides is 2. The molecule has 0 heterocycles. The van der Waals surface area contributed by atoms with Crippen molar-refractivity contribution in [3.63, 3.8) is 0 Å². The highest BCUT2D eigenvalue weighted by atomic mass is 16.2. The van der Waals surface area contributed by atoms with Crippen molar-refractivity contribution < 1.29 is 9.59 Å². The summed E-state index contributed by atoms with van der Waals surface area (Å²) in [5.41, 5.74) is 5.30. The normalized spacial score (nSPS) is 11.6. The third-order valence-electron chi connectivity index (χ3n) is 5.57. The van der Waals surface area contributed by atoms with Crippen LogP contribution in [0.1, 0.15) is 34.7 Å². The summed E-state index contributed by atoms with van der Waals surface area (Å²) in [5, 5.41) is 2.93. The van der Waals surface area contributed by atoms with Crippen LogP contribution in [-0.2, 0) is 29.0 Å². The summed E-state index contributed by atoms with van der Waals surface area (Å²) in [6, 6.07) is 25.4. The van der Waals surface area contributed by atoms with E-state index in [-0.39, 0.29) is 18.2 Å². The van der Waals surface area contributed by atoms with Crippen molar-refractivity contribution >= 4 is 11.8 Å². The Bertz CT molecular complexity index is 1010. The molecule has 2 amide bonds. The minimum absolute atomic E-state index is 0.0541. The largest absolute Gasteiger partial charge is 0.355 e. The lowest BCUT2D eigenvalue weighted by atomic mass is 10.0. The Kier molecular flexibility index (Phi) is 8.20. The van der Waals surface area contributed by atoms with Crippen molar-refractivity contribution in [3.8, 4) is 0 Å². The third kappa shape index (κ3) is 6.55. The monoisotopic (exact) mass is 428 g/mol. The lowest BCUT2D eigenvalue weighted by Crippen LogP contribution is -2.50. The average Bonchev–Trinajstić information content (AvgIpc) is 2.79. The topological polar surface area (TPSA) is 49.4 Å². The van der Waals surface area contributed by atoms with E-state index in [4.69, 9.17) is 0 Å². The molecule has 3 aromatic carbocycles. The summed E-state index contributed by atoms with van der Waals surface area (Å²) in [7, 11) is 0. The molecule has 0 unspecified atom stereocenters. The molecule has 0 aromatic heterocycles. The first kappa shape index (κ1) is 23.3. The molecule has 1 N–H and O–H groups in total. The lowest BCUT2D eigenvalue weighted by Gasteiger charge is -2.31. The number of nitrogens with one attached hydrogen (secondary N) is 1. The third-order valence-corrected chi connectivity index (χ3v) is 5.57. The first-order valence-corrected chi connectivity index (χ1v) is 11.2. The Morgan fingerprint density at radius 3 is 1.91 bits per heavy atom. The highest BCUT2D eigenvalue weighted by Gasteiger charge is 2.30. The highest BCUT2D eigenvalue weighted by molar-refractivity contribution is 5.88.